The summed E-state index contributed by atoms with van der Waals surface area (Å²) >= 11 is 6.04. The molecule has 132 valence electrons. The molecule has 0 radical (unpaired) electrons. The van der Waals surface area contributed by atoms with Crippen molar-refractivity contribution >= 4 is 29.2 Å². The van der Waals surface area contributed by atoms with Gasteiger partial charge in [0, 0.05) is 25.1 Å². The van der Waals surface area contributed by atoms with Crippen LogP contribution in [0.15, 0.2) is 12.1 Å². The maximum atomic E-state index is 12.8. The van der Waals surface area contributed by atoms with E-state index in [0.29, 0.717) is 41.0 Å². The Hall–Kier alpha value is -1.95. The number of piperidine rings is 1. The first-order valence-electron chi connectivity index (χ1n) is 7.98. The Morgan fingerprint density at radius 3 is 2.58 bits per heavy atom. The average Bonchev–Trinajstić information content (AvgIpc) is 2.56. The summed E-state index contributed by atoms with van der Waals surface area (Å²) in [5.41, 5.74) is 6.56. The van der Waals surface area contributed by atoms with Crippen LogP contribution < -0.4 is 10.5 Å². The highest BCUT2D eigenvalue weighted by molar-refractivity contribution is 6.33. The van der Waals surface area contributed by atoms with Crippen LogP contribution in [-0.4, -0.2) is 42.1 Å². The molecule has 1 atom stereocenters. The average molecular weight is 355 g/mol. The molecule has 1 aromatic carbocycles. The topological polar surface area (TPSA) is 92.9 Å². The van der Waals surface area contributed by atoms with E-state index >= 15 is 0 Å². The number of ketones is 1. The molecule has 1 amide bonds. The summed E-state index contributed by atoms with van der Waals surface area (Å²) in [4.78, 5) is 25.1. The van der Waals surface area contributed by atoms with Crippen LogP contribution in [0.5, 0.6) is 5.75 Å². The van der Waals surface area contributed by atoms with Crippen LogP contribution in [0, 0.1) is 11.8 Å². The van der Waals surface area contributed by atoms with E-state index in [9.17, 15) is 9.59 Å². The molecule has 1 unspecified atom stereocenters. The molecule has 0 bridgehead atoms. The number of nitrogens with zero attached hydrogens (tertiary/aromatic N) is 1. The lowest BCUT2D eigenvalue weighted by atomic mass is 9.84. The molecule has 1 aromatic rings. The van der Waals surface area contributed by atoms with Crippen LogP contribution in [0.1, 0.15) is 36.5 Å². The normalized spacial score (nSPS) is 16.7. The smallest absolute Gasteiger partial charge is 0.407 e. The van der Waals surface area contributed by atoms with Gasteiger partial charge >= 0.3 is 6.09 Å². The van der Waals surface area contributed by atoms with Crippen LogP contribution >= 0.6 is 11.6 Å². The first-order chi connectivity index (χ1) is 11.3. The number of carbonyl (C=O) groups excluding carboxylic acids is 1. The molecular weight excluding hydrogens is 332 g/mol. The molecule has 1 saturated heterocycles. The number of hydrogen-bond donors (Lipinski definition) is 2. The van der Waals surface area contributed by atoms with E-state index < -0.39 is 6.09 Å². The van der Waals surface area contributed by atoms with Gasteiger partial charge in [-0.3, -0.25) is 4.79 Å². The largest absolute Gasteiger partial charge is 0.496 e. The SMILES string of the molecule is COc1cc(N)c(Cl)cc1C(=O)C(C)CC1CCN(C(=O)O)CC1. The molecule has 0 aromatic heterocycles. The van der Waals surface area contributed by atoms with Crippen molar-refractivity contribution in [3.63, 3.8) is 0 Å². The number of ether oxygens (including phenoxy) is 1. The number of benzene rings is 1. The molecule has 0 spiro atoms. The van der Waals surface area contributed by atoms with Crippen LogP contribution in [-0.2, 0) is 0 Å². The summed E-state index contributed by atoms with van der Waals surface area (Å²) in [5.74, 6) is 0.540. The van der Waals surface area contributed by atoms with Crippen molar-refractivity contribution in [3.8, 4) is 5.75 Å². The molecule has 24 heavy (non-hydrogen) atoms. The quantitative estimate of drug-likeness (QED) is 0.623. The van der Waals surface area contributed by atoms with Crippen LogP contribution in [0.2, 0.25) is 5.02 Å². The molecule has 0 aliphatic carbocycles. The Morgan fingerprint density at radius 1 is 1.42 bits per heavy atom. The van der Waals surface area contributed by atoms with Crippen molar-refractivity contribution < 1.29 is 19.4 Å². The molecule has 1 aliphatic heterocycles. The predicted molar refractivity (Wildman–Crippen MR) is 92.8 cm³/mol. The Labute approximate surface area is 146 Å². The van der Waals surface area contributed by atoms with E-state index in [1.165, 1.54) is 12.0 Å². The fourth-order valence-electron chi connectivity index (χ4n) is 3.16. The number of hydrogen-bond acceptors (Lipinski definition) is 4. The third kappa shape index (κ3) is 4.12. The monoisotopic (exact) mass is 354 g/mol. The number of nitrogens with two attached hydrogens (primary N) is 1. The van der Waals surface area contributed by atoms with Crippen LogP contribution in [0.25, 0.3) is 0 Å². The van der Waals surface area contributed by atoms with E-state index in [4.69, 9.17) is 27.2 Å². The standard InChI is InChI=1S/C17H23ClN2O4/c1-10(7-11-3-5-20(6-4-11)17(22)23)16(21)12-8-13(18)14(19)9-15(12)24-2/h8-11H,3-7,19H2,1-2H3,(H,22,23). The number of anilines is 1. The number of methoxy groups -OCH3 is 1. The molecule has 2 rings (SSSR count). The van der Waals surface area contributed by atoms with Gasteiger partial charge in [-0.05, 0) is 31.2 Å². The number of amides is 1. The maximum absolute atomic E-state index is 12.8. The number of rotatable bonds is 5. The summed E-state index contributed by atoms with van der Waals surface area (Å²) in [7, 11) is 1.49. The second-order valence-corrected chi connectivity index (χ2v) is 6.70. The number of likely N-dealkylation sites (tertiary alicyclic amines) is 1. The molecule has 6 nitrogen and oxygen atoms in total. The van der Waals surface area contributed by atoms with E-state index in [0.717, 1.165) is 19.3 Å². The summed E-state index contributed by atoms with van der Waals surface area (Å²) < 4.78 is 5.25. The lowest BCUT2D eigenvalue weighted by Gasteiger charge is -2.31. The van der Waals surface area contributed by atoms with Gasteiger partial charge in [0.1, 0.15) is 5.75 Å². The fourth-order valence-corrected chi connectivity index (χ4v) is 3.33. The van der Waals surface area contributed by atoms with Crippen molar-refractivity contribution in [1.82, 2.24) is 4.90 Å². The summed E-state index contributed by atoms with van der Waals surface area (Å²) in [6.45, 7) is 2.94. The number of nitrogen functional groups attached to an aromatic ring is 1. The highest BCUT2D eigenvalue weighted by Gasteiger charge is 2.27. The van der Waals surface area contributed by atoms with Gasteiger partial charge in [0.25, 0.3) is 0 Å². The molecular formula is C17H23ClN2O4. The van der Waals surface area contributed by atoms with E-state index in [1.54, 1.807) is 12.1 Å². The molecule has 1 heterocycles. The summed E-state index contributed by atoms with van der Waals surface area (Å²) in [5, 5.41) is 9.32. The van der Waals surface area contributed by atoms with Crippen molar-refractivity contribution in [1.29, 1.82) is 0 Å². The van der Waals surface area contributed by atoms with Crippen molar-refractivity contribution in [2.75, 3.05) is 25.9 Å². The second kappa shape index (κ2) is 7.75. The zero-order valence-electron chi connectivity index (χ0n) is 13.9. The number of halogens is 1. The second-order valence-electron chi connectivity index (χ2n) is 6.29. The third-order valence-electron chi connectivity index (χ3n) is 4.60. The van der Waals surface area contributed by atoms with E-state index in [-0.39, 0.29) is 11.7 Å². The van der Waals surface area contributed by atoms with Gasteiger partial charge in [0.05, 0.1) is 23.4 Å². The van der Waals surface area contributed by atoms with Gasteiger partial charge in [-0.2, -0.15) is 0 Å². The van der Waals surface area contributed by atoms with Crippen LogP contribution in [0.3, 0.4) is 0 Å². The van der Waals surface area contributed by atoms with E-state index in [1.807, 2.05) is 6.92 Å². The highest BCUT2D eigenvalue weighted by atomic mass is 35.5. The van der Waals surface area contributed by atoms with Crippen molar-refractivity contribution in [2.24, 2.45) is 11.8 Å². The van der Waals surface area contributed by atoms with E-state index in [2.05, 4.69) is 0 Å². The Balaban J connectivity index is 2.03. The Kier molecular flexibility index (Phi) is 5.94. The minimum Gasteiger partial charge on any atom is -0.496 e. The predicted octanol–water partition coefficient (Wildman–Crippen LogP) is 3.53. The molecule has 0 saturated carbocycles. The van der Waals surface area contributed by atoms with Crippen molar-refractivity contribution in [3.05, 3.63) is 22.7 Å². The molecule has 7 heteroatoms. The number of Topliss-reactive ketones (excluding diaryl/α,β-unsaturated/α-hetero) is 1. The zero-order chi connectivity index (χ0) is 17.9. The minimum atomic E-state index is -0.876. The maximum Gasteiger partial charge on any atom is 0.407 e. The highest BCUT2D eigenvalue weighted by Crippen LogP contribution is 2.32. The summed E-state index contributed by atoms with van der Waals surface area (Å²) in [6, 6.07) is 3.12. The zero-order valence-corrected chi connectivity index (χ0v) is 14.7. The van der Waals surface area contributed by atoms with Gasteiger partial charge < -0.3 is 20.5 Å². The van der Waals surface area contributed by atoms with Gasteiger partial charge in [0.2, 0.25) is 0 Å². The first kappa shape index (κ1) is 18.4. The molecule has 3 N–H and O–H groups in total. The van der Waals surface area contributed by atoms with Gasteiger partial charge in [-0.1, -0.05) is 18.5 Å². The third-order valence-corrected chi connectivity index (χ3v) is 4.93. The Bertz CT molecular complexity index is 627. The lowest BCUT2D eigenvalue weighted by molar-refractivity contribution is 0.0879. The molecule has 1 aliphatic rings. The van der Waals surface area contributed by atoms with Gasteiger partial charge in [-0.25, -0.2) is 4.79 Å². The minimum absolute atomic E-state index is 0.0329. The Morgan fingerprint density at radius 2 is 2.04 bits per heavy atom. The van der Waals surface area contributed by atoms with Crippen LogP contribution in [0.4, 0.5) is 10.5 Å². The first-order valence-corrected chi connectivity index (χ1v) is 8.36. The lowest BCUT2D eigenvalue weighted by Crippen LogP contribution is -2.38. The van der Waals surface area contributed by atoms with Crippen molar-refractivity contribution in [2.45, 2.75) is 26.2 Å². The summed E-state index contributed by atoms with van der Waals surface area (Å²) in [6.07, 6.45) is 1.41. The number of carboxylic acid groups (broad SMARTS) is 1. The van der Waals surface area contributed by atoms with Gasteiger partial charge in [0.15, 0.2) is 5.78 Å². The molecule has 1 fully saturated rings. The number of carbonyl (C=O) groups is 2. The van der Waals surface area contributed by atoms with Gasteiger partial charge in [-0.15, -0.1) is 0 Å². The fraction of sp³-hybridized carbons (Fsp3) is 0.529.